The molecule has 2 aromatic rings. The Morgan fingerprint density at radius 3 is 1.89 bits per heavy atom. The Balaban J connectivity index is 1.86. The number of rotatable bonds is 12. The summed E-state index contributed by atoms with van der Waals surface area (Å²) >= 11 is 0. The first-order chi connectivity index (χ1) is 20.7. The third-order valence-electron chi connectivity index (χ3n) is 6.13. The van der Waals surface area contributed by atoms with Crippen molar-refractivity contribution in [2.45, 2.75) is 84.8 Å². The van der Waals surface area contributed by atoms with Gasteiger partial charge in [0, 0.05) is 40.2 Å². The number of aromatic hydroxyl groups is 1. The van der Waals surface area contributed by atoms with Gasteiger partial charge in [0.2, 0.25) is 12.4 Å². The first kappa shape index (κ1) is 33.8. The zero-order valence-electron chi connectivity index (χ0n) is 25.3. The summed E-state index contributed by atoms with van der Waals surface area (Å²) in [4.78, 5) is 60.4. The number of carbonyl (C=O) groups is 5. The van der Waals surface area contributed by atoms with Crippen molar-refractivity contribution in [1.29, 1.82) is 0 Å². The molecule has 2 aromatic carbocycles. The Morgan fingerprint density at radius 2 is 1.34 bits per heavy atom. The van der Waals surface area contributed by atoms with Crippen LogP contribution < -0.4 is 9.47 Å². The molecule has 238 valence electrons. The number of hydrogen-bond donors (Lipinski definition) is 1. The Bertz CT molecular complexity index is 1350. The van der Waals surface area contributed by atoms with Crippen LogP contribution in [0.5, 0.6) is 17.2 Å². The van der Waals surface area contributed by atoms with Crippen LogP contribution in [0.1, 0.15) is 57.5 Å². The second-order valence-electron chi connectivity index (χ2n) is 10.3. The van der Waals surface area contributed by atoms with E-state index in [1.54, 1.807) is 24.3 Å². The third-order valence-corrected chi connectivity index (χ3v) is 6.13. The Kier molecular flexibility index (Phi) is 11.7. The highest BCUT2D eigenvalue weighted by atomic mass is 16.7. The highest BCUT2D eigenvalue weighted by Gasteiger charge is 2.53. The molecule has 0 amide bonds. The highest BCUT2D eigenvalue weighted by molar-refractivity contribution is 6.00. The first-order valence-corrected chi connectivity index (χ1v) is 13.8. The summed E-state index contributed by atoms with van der Waals surface area (Å²) in [5.41, 5.74) is 0.740. The maximum atomic E-state index is 13.0. The summed E-state index contributed by atoms with van der Waals surface area (Å²) in [5, 5.41) is 10.7. The molecule has 13 heteroatoms. The van der Waals surface area contributed by atoms with Crippen LogP contribution in [0.3, 0.4) is 0 Å². The molecule has 3 rings (SSSR count). The number of hydrogen-bond acceptors (Lipinski definition) is 13. The maximum Gasteiger partial charge on any atom is 0.303 e. The van der Waals surface area contributed by atoms with Gasteiger partial charge < -0.3 is 38.3 Å². The minimum absolute atomic E-state index is 0.00450. The number of carbonyl (C=O) groups excluding carboxylic acids is 5. The molecule has 0 aliphatic carbocycles. The quantitative estimate of drug-likeness (QED) is 0.210. The van der Waals surface area contributed by atoms with Crippen molar-refractivity contribution in [1.82, 2.24) is 0 Å². The fourth-order valence-corrected chi connectivity index (χ4v) is 4.48. The lowest BCUT2D eigenvalue weighted by molar-refractivity contribution is -0.288. The van der Waals surface area contributed by atoms with E-state index in [-0.39, 0.29) is 29.6 Å². The molecule has 0 unspecified atom stereocenters. The third kappa shape index (κ3) is 9.69. The molecule has 0 bridgehead atoms. The lowest BCUT2D eigenvalue weighted by Crippen LogP contribution is -2.63. The summed E-state index contributed by atoms with van der Waals surface area (Å²) in [6.07, 6.45) is -6.92. The fraction of sp³-hybridized carbons (Fsp3) is 0.452. The van der Waals surface area contributed by atoms with Gasteiger partial charge >= 0.3 is 23.9 Å². The summed E-state index contributed by atoms with van der Waals surface area (Å²) in [5.74, 6) is -3.11. The average molecular weight is 617 g/mol. The van der Waals surface area contributed by atoms with Gasteiger partial charge in [0.25, 0.3) is 0 Å². The summed E-state index contributed by atoms with van der Waals surface area (Å²) in [6.45, 7) is 7.85. The number of phenols is 1. The van der Waals surface area contributed by atoms with Gasteiger partial charge in [0.1, 0.15) is 30.0 Å². The van der Waals surface area contributed by atoms with Crippen LogP contribution in [0.4, 0.5) is 0 Å². The Hall–Kier alpha value is -4.65. The van der Waals surface area contributed by atoms with Crippen molar-refractivity contribution in [2.24, 2.45) is 0 Å². The number of esters is 4. The Labute approximate surface area is 254 Å². The van der Waals surface area contributed by atoms with Crippen molar-refractivity contribution in [3.63, 3.8) is 0 Å². The van der Waals surface area contributed by atoms with E-state index >= 15 is 0 Å². The number of ketones is 1. The second kappa shape index (κ2) is 15.2. The van der Waals surface area contributed by atoms with Gasteiger partial charge in [-0.15, -0.1) is 0 Å². The summed E-state index contributed by atoms with van der Waals surface area (Å²) in [6, 6.07) is 10.9. The molecular formula is C31H36O13. The largest absolute Gasteiger partial charge is 0.507 e. The Morgan fingerprint density at radius 1 is 0.773 bits per heavy atom. The van der Waals surface area contributed by atoms with E-state index in [4.69, 9.17) is 33.2 Å². The minimum Gasteiger partial charge on any atom is -0.507 e. The van der Waals surface area contributed by atoms with Gasteiger partial charge in [-0.25, -0.2) is 0 Å². The number of benzene rings is 2. The van der Waals surface area contributed by atoms with E-state index in [9.17, 15) is 29.1 Å². The van der Waals surface area contributed by atoms with Crippen LogP contribution in [0.15, 0.2) is 42.5 Å². The van der Waals surface area contributed by atoms with Crippen LogP contribution in [0.2, 0.25) is 0 Å². The fourth-order valence-electron chi connectivity index (χ4n) is 4.48. The van der Waals surface area contributed by atoms with Crippen molar-refractivity contribution in [3.05, 3.63) is 53.6 Å². The van der Waals surface area contributed by atoms with Crippen LogP contribution in [-0.4, -0.2) is 78.2 Å². The van der Waals surface area contributed by atoms with Crippen LogP contribution in [0.25, 0.3) is 0 Å². The molecular weight excluding hydrogens is 580 g/mol. The summed E-state index contributed by atoms with van der Waals surface area (Å²) < 4.78 is 38.6. The SMILES string of the molecule is CC(=O)OC[C@@H]1O[C@H](Oc2ccc(C(=O)Cc3ccc(OC(C)C)cc3)c(O)c2)[C@@H](OC(C)=O)[C@H](OC(C)=O)[C@@H]1OC(C)=O. The lowest BCUT2D eigenvalue weighted by atomic mass is 9.98. The van der Waals surface area contributed by atoms with Crippen LogP contribution in [-0.2, 0) is 49.3 Å². The number of phenolic OH excluding ortho intramolecular Hbond substituents is 1. The van der Waals surface area contributed by atoms with E-state index in [1.165, 1.54) is 18.2 Å². The zero-order valence-corrected chi connectivity index (χ0v) is 25.3. The van der Waals surface area contributed by atoms with Crippen molar-refractivity contribution < 1.29 is 62.2 Å². The van der Waals surface area contributed by atoms with Gasteiger partial charge in [-0.3, -0.25) is 24.0 Å². The molecule has 0 saturated carbocycles. The van der Waals surface area contributed by atoms with Gasteiger partial charge in [0.05, 0.1) is 11.7 Å². The first-order valence-electron chi connectivity index (χ1n) is 13.8. The molecule has 1 saturated heterocycles. The molecule has 1 aliphatic heterocycles. The van der Waals surface area contributed by atoms with E-state index in [0.717, 1.165) is 27.7 Å². The molecule has 5 atom stereocenters. The van der Waals surface area contributed by atoms with Gasteiger partial charge in [-0.05, 0) is 43.7 Å². The molecule has 0 aromatic heterocycles. The smallest absolute Gasteiger partial charge is 0.303 e. The second-order valence-corrected chi connectivity index (χ2v) is 10.3. The molecule has 44 heavy (non-hydrogen) atoms. The van der Waals surface area contributed by atoms with Gasteiger partial charge in [0.15, 0.2) is 18.0 Å². The van der Waals surface area contributed by atoms with Crippen LogP contribution >= 0.6 is 0 Å². The molecule has 1 N–H and O–H groups in total. The van der Waals surface area contributed by atoms with Gasteiger partial charge in [-0.2, -0.15) is 0 Å². The van der Waals surface area contributed by atoms with E-state index in [1.807, 2.05) is 13.8 Å². The molecule has 0 radical (unpaired) electrons. The topological polar surface area (TPSA) is 170 Å². The standard InChI is InChI=1S/C31H36O13/c1-16(2)39-22-9-7-21(8-10-22)13-25(36)24-12-11-23(14-26(24)37)43-31-30(42-20(6)35)29(41-19(5)34)28(40-18(4)33)27(44-31)15-38-17(3)32/h7-12,14,16,27-31,37H,13,15H2,1-6H3/t27-,28+,29+,30-,31-/m0/s1. The predicted molar refractivity (Wildman–Crippen MR) is 151 cm³/mol. The van der Waals surface area contributed by atoms with Crippen molar-refractivity contribution >= 4 is 29.7 Å². The molecule has 1 aliphatic rings. The zero-order chi connectivity index (χ0) is 32.6. The van der Waals surface area contributed by atoms with E-state index < -0.39 is 66.9 Å². The lowest BCUT2D eigenvalue weighted by Gasteiger charge is -2.43. The van der Waals surface area contributed by atoms with Crippen molar-refractivity contribution in [3.8, 4) is 17.2 Å². The number of ether oxygens (including phenoxy) is 7. The van der Waals surface area contributed by atoms with E-state index in [0.29, 0.717) is 11.3 Å². The molecule has 0 spiro atoms. The average Bonchev–Trinajstić information content (AvgIpc) is 2.91. The molecule has 1 fully saturated rings. The highest BCUT2D eigenvalue weighted by Crippen LogP contribution is 2.33. The maximum absolute atomic E-state index is 13.0. The van der Waals surface area contributed by atoms with E-state index in [2.05, 4.69) is 0 Å². The minimum atomic E-state index is -1.50. The molecule has 13 nitrogen and oxygen atoms in total. The predicted octanol–water partition coefficient (Wildman–Crippen LogP) is 3.07. The monoisotopic (exact) mass is 616 g/mol. The van der Waals surface area contributed by atoms with Gasteiger partial charge in [-0.1, -0.05) is 12.1 Å². The molecule has 1 heterocycles. The normalized spacial score (nSPS) is 21.1. The summed E-state index contributed by atoms with van der Waals surface area (Å²) in [7, 11) is 0. The number of Topliss-reactive ketones (excluding diaryl/α,β-unsaturated/α-hetero) is 1. The van der Waals surface area contributed by atoms with Crippen molar-refractivity contribution in [2.75, 3.05) is 6.61 Å². The van der Waals surface area contributed by atoms with Crippen LogP contribution in [0, 0.1) is 0 Å².